The van der Waals surface area contributed by atoms with Crippen molar-refractivity contribution in [3.8, 4) is 0 Å². The molecule has 19 heteroatoms. The average Bonchev–Trinajstić information content (AvgIpc) is 3.09. The van der Waals surface area contributed by atoms with Crippen molar-refractivity contribution in [3.05, 3.63) is 56.4 Å². The summed E-state index contributed by atoms with van der Waals surface area (Å²) in [5.41, 5.74) is 0.424. The van der Waals surface area contributed by atoms with E-state index in [1.54, 1.807) is 13.0 Å². The predicted octanol–water partition coefficient (Wildman–Crippen LogP) is 1.98. The minimum Gasteiger partial charge on any atom is -0.390 e. The van der Waals surface area contributed by atoms with Crippen molar-refractivity contribution in [2.24, 2.45) is 0 Å². The van der Waals surface area contributed by atoms with Gasteiger partial charge in [-0.25, -0.2) is 18.5 Å². The third-order valence-electron chi connectivity index (χ3n) is 5.14. The lowest BCUT2D eigenvalue weighted by Crippen LogP contribution is -2.36. The van der Waals surface area contributed by atoms with Gasteiger partial charge in [-0.05, 0) is 40.0 Å². The Bertz CT molecular complexity index is 1290. The lowest BCUT2D eigenvalue weighted by Gasteiger charge is -2.27. The van der Waals surface area contributed by atoms with E-state index in [0.717, 1.165) is 28.0 Å². The van der Waals surface area contributed by atoms with Crippen LogP contribution in [-0.2, 0) is 31.6 Å². The van der Waals surface area contributed by atoms with E-state index in [-0.39, 0.29) is 12.8 Å². The number of phosphoric acid groups is 3. The molecule has 0 saturated carbocycles. The number of nitrogens with one attached hydrogen (secondary N) is 1. The van der Waals surface area contributed by atoms with Crippen LogP contribution in [0.1, 0.15) is 52.7 Å². The van der Waals surface area contributed by atoms with Gasteiger partial charge >= 0.3 is 29.2 Å². The van der Waals surface area contributed by atoms with E-state index < -0.39 is 59.3 Å². The fourth-order valence-corrected chi connectivity index (χ4v) is 6.76. The van der Waals surface area contributed by atoms with E-state index in [2.05, 4.69) is 8.62 Å². The molecule has 1 aliphatic rings. The first-order valence-corrected chi connectivity index (χ1v) is 15.7. The maximum Gasteiger partial charge on any atom is 0.490 e. The summed E-state index contributed by atoms with van der Waals surface area (Å²) in [4.78, 5) is 62.5. The van der Waals surface area contributed by atoms with Crippen LogP contribution in [0.5, 0.6) is 0 Å². The SMILES string of the molecule is CC(C)=CCC/C(C)=C/CC(OP(=O)(O)OP(=O)(O)OP(=O)(O)O)[C@H]1O[C@@H](n2ccc(=O)[nH]c2=O)C[C@@H]1O. The van der Waals surface area contributed by atoms with E-state index in [1.165, 1.54) is 0 Å². The quantitative estimate of drug-likeness (QED) is 0.139. The van der Waals surface area contributed by atoms with E-state index in [0.29, 0.717) is 12.8 Å². The normalized spacial score (nSPS) is 24.4. The first kappa shape index (κ1) is 32.7. The molecule has 0 bridgehead atoms. The first-order chi connectivity index (χ1) is 17.4. The number of hydrogen-bond acceptors (Lipinski definition) is 10. The summed E-state index contributed by atoms with van der Waals surface area (Å²) < 4.78 is 54.4. The lowest BCUT2D eigenvalue weighted by atomic mass is 10.0. The molecule has 3 unspecified atom stereocenters. The highest BCUT2D eigenvalue weighted by molar-refractivity contribution is 7.66. The van der Waals surface area contributed by atoms with Gasteiger partial charge in [0.05, 0.1) is 6.10 Å². The van der Waals surface area contributed by atoms with Crippen LogP contribution in [-0.4, -0.2) is 52.5 Å². The molecule has 0 aromatic carbocycles. The number of aromatic amines is 1. The van der Waals surface area contributed by atoms with Crippen LogP contribution in [0.2, 0.25) is 0 Å². The van der Waals surface area contributed by atoms with Crippen molar-refractivity contribution in [2.45, 2.75) is 71.0 Å². The number of H-pyrrole nitrogens is 1. The number of aliphatic hydroxyl groups is 1. The highest BCUT2D eigenvalue weighted by Gasteiger charge is 2.46. The van der Waals surface area contributed by atoms with Crippen LogP contribution in [0.15, 0.2) is 45.2 Å². The van der Waals surface area contributed by atoms with E-state index in [4.69, 9.17) is 19.0 Å². The summed E-state index contributed by atoms with van der Waals surface area (Å²) in [5.74, 6) is 0. The standard InChI is InChI=1S/C19H31N2O14P3/c1-12(2)5-4-6-13(3)7-8-15(33-37(28,29)35-38(30,31)34-36(25,26)27)18-14(22)11-17(32-18)21-10-9-16(23)20-19(21)24/h5,7,9-10,14-15,17-18,22H,4,6,8,11H2,1-3H3,(H,28,29)(H,30,31)(H,20,23,24)(H2,25,26,27)/b13-7+/t14-,15?,17+,18-/m0/s1. The average molecular weight is 604 g/mol. The monoisotopic (exact) mass is 604 g/mol. The molecule has 6 atom stereocenters. The molecule has 2 heterocycles. The lowest BCUT2D eigenvalue weighted by molar-refractivity contribution is -0.0793. The molecule has 0 aliphatic carbocycles. The van der Waals surface area contributed by atoms with Gasteiger partial charge in [0.25, 0.3) is 5.56 Å². The minimum absolute atomic E-state index is 0.182. The molecule has 1 aromatic heterocycles. The van der Waals surface area contributed by atoms with Crippen molar-refractivity contribution in [2.75, 3.05) is 0 Å². The second-order valence-corrected chi connectivity index (χ2v) is 13.1. The Hall–Kier alpha value is -1.51. The van der Waals surface area contributed by atoms with Crippen LogP contribution >= 0.6 is 23.5 Å². The summed E-state index contributed by atoms with van der Waals surface area (Å²) in [6.07, 6.45) is 0.274. The van der Waals surface area contributed by atoms with Crippen LogP contribution in [0.3, 0.4) is 0 Å². The third kappa shape index (κ3) is 10.9. The molecule has 216 valence electrons. The van der Waals surface area contributed by atoms with Gasteiger partial charge < -0.3 is 29.4 Å². The van der Waals surface area contributed by atoms with Crippen LogP contribution in [0.25, 0.3) is 0 Å². The minimum atomic E-state index is -5.78. The van der Waals surface area contributed by atoms with Gasteiger partial charge in [-0.2, -0.15) is 8.62 Å². The number of hydrogen-bond donors (Lipinski definition) is 6. The van der Waals surface area contributed by atoms with Crippen molar-refractivity contribution < 1.29 is 56.3 Å². The van der Waals surface area contributed by atoms with Crippen LogP contribution in [0.4, 0.5) is 0 Å². The van der Waals surface area contributed by atoms with Gasteiger partial charge in [0.2, 0.25) is 0 Å². The number of nitrogens with zero attached hydrogens (tertiary/aromatic N) is 1. The topological polar surface area (TPSA) is 244 Å². The number of phosphoric ester groups is 1. The van der Waals surface area contributed by atoms with Gasteiger partial charge in [-0.1, -0.05) is 23.3 Å². The molecule has 6 N–H and O–H groups in total. The molecular formula is C19H31N2O14P3. The van der Waals surface area contributed by atoms with E-state index in [1.807, 2.05) is 24.9 Å². The highest BCUT2D eigenvalue weighted by Crippen LogP contribution is 2.66. The Morgan fingerprint density at radius 3 is 2.37 bits per heavy atom. The Balaban J connectivity index is 2.30. The van der Waals surface area contributed by atoms with Gasteiger partial charge in [-0.15, -0.1) is 0 Å². The van der Waals surface area contributed by atoms with Crippen LogP contribution in [0, 0.1) is 0 Å². The number of aromatic nitrogens is 2. The summed E-state index contributed by atoms with van der Waals surface area (Å²) >= 11 is 0. The molecule has 0 radical (unpaired) electrons. The fraction of sp³-hybridized carbons (Fsp3) is 0.579. The van der Waals surface area contributed by atoms with Gasteiger partial charge in [0, 0.05) is 18.7 Å². The molecule has 38 heavy (non-hydrogen) atoms. The largest absolute Gasteiger partial charge is 0.490 e. The zero-order valence-electron chi connectivity index (χ0n) is 20.6. The zero-order chi connectivity index (χ0) is 28.9. The molecular weight excluding hydrogens is 573 g/mol. The Morgan fingerprint density at radius 1 is 1.13 bits per heavy atom. The molecule has 0 spiro atoms. The van der Waals surface area contributed by atoms with Crippen molar-refractivity contribution in [1.82, 2.24) is 9.55 Å². The van der Waals surface area contributed by atoms with Crippen molar-refractivity contribution in [1.29, 1.82) is 0 Å². The molecule has 1 saturated heterocycles. The summed E-state index contributed by atoms with van der Waals surface area (Å²) in [6.45, 7) is 5.64. The Labute approximate surface area is 217 Å². The number of ether oxygens (including phenoxy) is 1. The van der Waals surface area contributed by atoms with E-state index in [9.17, 15) is 38.2 Å². The zero-order valence-corrected chi connectivity index (χ0v) is 23.3. The van der Waals surface area contributed by atoms with Gasteiger partial charge in [0.15, 0.2) is 0 Å². The maximum atomic E-state index is 12.5. The second kappa shape index (κ2) is 13.2. The Morgan fingerprint density at radius 2 is 1.79 bits per heavy atom. The van der Waals surface area contributed by atoms with Crippen molar-refractivity contribution in [3.63, 3.8) is 0 Å². The summed E-state index contributed by atoms with van der Waals surface area (Å²) in [6, 6.07) is 1.05. The molecule has 1 aliphatic heterocycles. The first-order valence-electron chi connectivity index (χ1n) is 11.1. The molecule has 1 aromatic rings. The smallest absolute Gasteiger partial charge is 0.390 e. The second-order valence-electron chi connectivity index (χ2n) is 8.72. The van der Waals surface area contributed by atoms with Crippen molar-refractivity contribution >= 4 is 23.5 Å². The predicted molar refractivity (Wildman–Crippen MR) is 132 cm³/mol. The third-order valence-corrected chi connectivity index (χ3v) is 9.00. The van der Waals surface area contributed by atoms with Gasteiger partial charge in [-0.3, -0.25) is 18.9 Å². The maximum absolute atomic E-state index is 12.5. The number of rotatable bonds is 13. The molecule has 1 fully saturated rings. The molecule has 16 nitrogen and oxygen atoms in total. The summed E-state index contributed by atoms with van der Waals surface area (Å²) in [7, 11) is -16.9. The fourth-order valence-electron chi connectivity index (χ4n) is 3.55. The highest BCUT2D eigenvalue weighted by atomic mass is 31.3. The Kier molecular flexibility index (Phi) is 11.4. The van der Waals surface area contributed by atoms with Crippen LogP contribution < -0.4 is 11.2 Å². The number of aliphatic hydroxyl groups excluding tert-OH is 1. The van der Waals surface area contributed by atoms with E-state index >= 15 is 0 Å². The molecule has 0 amide bonds. The number of allylic oxidation sites excluding steroid dienone is 3. The molecule has 2 rings (SSSR count). The summed E-state index contributed by atoms with van der Waals surface area (Å²) in [5, 5.41) is 10.6. The van der Waals surface area contributed by atoms with Gasteiger partial charge in [0.1, 0.15) is 18.4 Å².